The molecule has 1 atom stereocenters. The Balaban J connectivity index is 1.78. The second-order valence-corrected chi connectivity index (χ2v) is 6.29. The molecule has 1 unspecified atom stereocenters. The third-order valence-corrected chi connectivity index (χ3v) is 4.17. The second-order valence-electron chi connectivity index (χ2n) is 6.29. The number of nitrogens with one attached hydrogen (secondary N) is 1. The van der Waals surface area contributed by atoms with Gasteiger partial charge in [-0.25, -0.2) is 0 Å². The van der Waals surface area contributed by atoms with E-state index in [1.165, 1.54) is 0 Å². The van der Waals surface area contributed by atoms with Crippen LogP contribution < -0.4 is 14.8 Å². The Morgan fingerprint density at radius 3 is 2.46 bits per heavy atom. The van der Waals surface area contributed by atoms with Gasteiger partial charge in [0, 0.05) is 18.5 Å². The first kappa shape index (κ1) is 19.8. The second kappa shape index (κ2) is 10.5. The van der Waals surface area contributed by atoms with E-state index in [1.807, 2.05) is 68.7 Å². The van der Waals surface area contributed by atoms with Gasteiger partial charge in [-0.15, -0.1) is 0 Å². The molecule has 5 nitrogen and oxygen atoms in total. The highest BCUT2D eigenvalue weighted by molar-refractivity contribution is 5.75. The quantitative estimate of drug-likeness (QED) is 0.664. The zero-order valence-electron chi connectivity index (χ0n) is 15.8. The van der Waals surface area contributed by atoms with Gasteiger partial charge in [0.2, 0.25) is 5.91 Å². The fourth-order valence-corrected chi connectivity index (χ4v) is 2.75. The molecule has 0 aliphatic carbocycles. The maximum atomic E-state index is 12.2. The van der Waals surface area contributed by atoms with Gasteiger partial charge in [0.15, 0.2) is 0 Å². The monoisotopic (exact) mass is 356 g/mol. The van der Waals surface area contributed by atoms with E-state index in [1.54, 1.807) is 7.11 Å². The third-order valence-electron chi connectivity index (χ3n) is 4.17. The summed E-state index contributed by atoms with van der Waals surface area (Å²) in [7, 11) is 5.66. The first-order valence-electron chi connectivity index (χ1n) is 8.85. The topological polar surface area (TPSA) is 50.8 Å². The summed E-state index contributed by atoms with van der Waals surface area (Å²) in [5.74, 6) is 1.69. The average Bonchev–Trinajstić information content (AvgIpc) is 2.66. The molecule has 5 heteroatoms. The molecule has 0 bridgehead atoms. The molecule has 2 rings (SSSR count). The van der Waals surface area contributed by atoms with Crippen LogP contribution in [0.1, 0.15) is 24.4 Å². The number of hydrogen-bond donors (Lipinski definition) is 1. The number of methoxy groups -OCH3 is 1. The predicted octanol–water partition coefficient (Wildman–Crippen LogP) is 3.27. The van der Waals surface area contributed by atoms with E-state index in [0.29, 0.717) is 26.0 Å². The van der Waals surface area contributed by atoms with Crippen molar-refractivity contribution < 1.29 is 14.3 Å². The van der Waals surface area contributed by atoms with Gasteiger partial charge >= 0.3 is 0 Å². The van der Waals surface area contributed by atoms with Crippen LogP contribution in [0.4, 0.5) is 0 Å². The molecule has 2 aromatic carbocycles. The summed E-state index contributed by atoms with van der Waals surface area (Å²) in [4.78, 5) is 14.2. The lowest BCUT2D eigenvalue weighted by Crippen LogP contribution is -2.34. The Morgan fingerprint density at radius 2 is 1.77 bits per heavy atom. The SMILES string of the molecule is COc1ccccc1C(CNC(=O)CCCOc1ccccc1)N(C)C. The van der Waals surface area contributed by atoms with Crippen molar-refractivity contribution in [2.24, 2.45) is 0 Å². The molecule has 2 aromatic rings. The highest BCUT2D eigenvalue weighted by atomic mass is 16.5. The number of carbonyl (C=O) groups is 1. The van der Waals surface area contributed by atoms with E-state index in [0.717, 1.165) is 17.1 Å². The molecule has 0 saturated carbocycles. The molecule has 26 heavy (non-hydrogen) atoms. The Morgan fingerprint density at radius 1 is 1.08 bits per heavy atom. The summed E-state index contributed by atoms with van der Waals surface area (Å²) in [6.07, 6.45) is 1.13. The van der Waals surface area contributed by atoms with E-state index < -0.39 is 0 Å². The summed E-state index contributed by atoms with van der Waals surface area (Å²) in [5.41, 5.74) is 1.06. The van der Waals surface area contributed by atoms with Gasteiger partial charge in [0.25, 0.3) is 0 Å². The van der Waals surface area contributed by atoms with Crippen LogP contribution in [0.25, 0.3) is 0 Å². The lowest BCUT2D eigenvalue weighted by Gasteiger charge is -2.26. The number of nitrogens with zero attached hydrogens (tertiary/aromatic N) is 1. The number of likely N-dealkylation sites (N-methyl/N-ethyl adjacent to an activating group) is 1. The van der Waals surface area contributed by atoms with Gasteiger partial charge in [-0.1, -0.05) is 36.4 Å². The number of ether oxygens (including phenoxy) is 2. The number of hydrogen-bond acceptors (Lipinski definition) is 4. The van der Waals surface area contributed by atoms with Crippen LogP contribution in [0, 0.1) is 0 Å². The maximum absolute atomic E-state index is 12.2. The van der Waals surface area contributed by atoms with Crippen LogP contribution >= 0.6 is 0 Å². The highest BCUT2D eigenvalue weighted by Gasteiger charge is 2.18. The van der Waals surface area contributed by atoms with Gasteiger partial charge in [0.1, 0.15) is 11.5 Å². The van der Waals surface area contributed by atoms with Gasteiger partial charge in [-0.05, 0) is 38.7 Å². The number of amides is 1. The van der Waals surface area contributed by atoms with Crippen LogP contribution in [0.3, 0.4) is 0 Å². The maximum Gasteiger partial charge on any atom is 0.220 e. The molecule has 1 amide bonds. The number of carbonyl (C=O) groups excluding carboxylic acids is 1. The summed E-state index contributed by atoms with van der Waals surface area (Å²) in [6, 6.07) is 17.6. The minimum atomic E-state index is 0.0309. The first-order valence-corrected chi connectivity index (χ1v) is 8.85. The summed E-state index contributed by atoms with van der Waals surface area (Å²) in [5, 5.41) is 3.02. The molecule has 0 spiro atoms. The van der Waals surface area contributed by atoms with Crippen molar-refractivity contribution in [3.63, 3.8) is 0 Å². The van der Waals surface area contributed by atoms with E-state index in [9.17, 15) is 4.79 Å². The molecule has 0 heterocycles. The molecule has 0 fully saturated rings. The van der Waals surface area contributed by atoms with Crippen molar-refractivity contribution in [1.82, 2.24) is 10.2 Å². The molecule has 0 radical (unpaired) electrons. The summed E-state index contributed by atoms with van der Waals surface area (Å²) in [6.45, 7) is 1.06. The average molecular weight is 356 g/mol. The number of para-hydroxylation sites is 2. The van der Waals surface area contributed by atoms with Crippen molar-refractivity contribution in [2.75, 3.05) is 34.4 Å². The minimum Gasteiger partial charge on any atom is -0.496 e. The predicted molar refractivity (Wildman–Crippen MR) is 104 cm³/mol. The fraction of sp³-hybridized carbons (Fsp3) is 0.381. The van der Waals surface area contributed by atoms with Crippen molar-refractivity contribution in [2.45, 2.75) is 18.9 Å². The van der Waals surface area contributed by atoms with Crippen LogP contribution in [0.5, 0.6) is 11.5 Å². The van der Waals surface area contributed by atoms with E-state index >= 15 is 0 Å². The Bertz CT molecular complexity index is 674. The van der Waals surface area contributed by atoms with Gasteiger partial charge in [-0.3, -0.25) is 4.79 Å². The largest absolute Gasteiger partial charge is 0.496 e. The Labute approximate surface area is 155 Å². The zero-order valence-corrected chi connectivity index (χ0v) is 15.8. The van der Waals surface area contributed by atoms with Crippen LogP contribution in [-0.4, -0.2) is 45.2 Å². The van der Waals surface area contributed by atoms with Crippen LogP contribution in [-0.2, 0) is 4.79 Å². The fourth-order valence-electron chi connectivity index (χ4n) is 2.75. The molecule has 0 aliphatic rings. The van der Waals surface area contributed by atoms with Gasteiger partial charge in [-0.2, -0.15) is 0 Å². The van der Waals surface area contributed by atoms with Gasteiger partial charge in [0.05, 0.1) is 19.8 Å². The number of benzene rings is 2. The standard InChI is InChI=1S/C21H28N2O3/c1-23(2)19(18-12-7-8-13-20(18)25-3)16-22-21(24)14-9-15-26-17-10-5-4-6-11-17/h4-8,10-13,19H,9,14-16H2,1-3H3,(H,22,24). The van der Waals surface area contributed by atoms with Crippen molar-refractivity contribution in [1.29, 1.82) is 0 Å². The van der Waals surface area contributed by atoms with E-state index in [2.05, 4.69) is 10.2 Å². The van der Waals surface area contributed by atoms with Crippen molar-refractivity contribution in [3.8, 4) is 11.5 Å². The Kier molecular flexibility index (Phi) is 7.96. The zero-order chi connectivity index (χ0) is 18.8. The molecule has 0 aromatic heterocycles. The summed E-state index contributed by atoms with van der Waals surface area (Å²) < 4.78 is 11.1. The van der Waals surface area contributed by atoms with Crippen LogP contribution in [0.15, 0.2) is 54.6 Å². The Hall–Kier alpha value is -2.53. The molecule has 140 valence electrons. The summed E-state index contributed by atoms with van der Waals surface area (Å²) >= 11 is 0. The first-order chi connectivity index (χ1) is 12.6. The highest BCUT2D eigenvalue weighted by Crippen LogP contribution is 2.27. The van der Waals surface area contributed by atoms with E-state index in [-0.39, 0.29) is 11.9 Å². The molecular weight excluding hydrogens is 328 g/mol. The molecule has 0 aliphatic heterocycles. The minimum absolute atomic E-state index is 0.0309. The molecule has 0 saturated heterocycles. The molecular formula is C21H28N2O3. The smallest absolute Gasteiger partial charge is 0.220 e. The molecule has 1 N–H and O–H groups in total. The van der Waals surface area contributed by atoms with Crippen LogP contribution in [0.2, 0.25) is 0 Å². The van der Waals surface area contributed by atoms with Crippen molar-refractivity contribution in [3.05, 3.63) is 60.2 Å². The third kappa shape index (κ3) is 6.08. The van der Waals surface area contributed by atoms with Crippen molar-refractivity contribution >= 4 is 5.91 Å². The lowest BCUT2D eigenvalue weighted by molar-refractivity contribution is -0.121. The number of rotatable bonds is 10. The van der Waals surface area contributed by atoms with E-state index in [4.69, 9.17) is 9.47 Å². The van der Waals surface area contributed by atoms with Gasteiger partial charge < -0.3 is 19.7 Å². The normalized spacial score (nSPS) is 11.8. The lowest BCUT2D eigenvalue weighted by atomic mass is 10.0.